The maximum absolute atomic E-state index is 5.33. The Balaban J connectivity index is -0.000000000833. The quantitative estimate of drug-likeness (QED) is 0.299. The van der Waals surface area contributed by atoms with Crippen molar-refractivity contribution < 1.29 is 47.1 Å². The third-order valence-electron chi connectivity index (χ3n) is 0. The summed E-state index contributed by atoms with van der Waals surface area (Å²) in [5, 5.41) is 0. The molecular formula is HF2Li2NS. The maximum Gasteiger partial charge on any atom is 1.00 e. The molecule has 28 valence electrons. The summed E-state index contributed by atoms with van der Waals surface area (Å²) in [6.07, 6.45) is 0. The molecule has 0 bridgehead atoms. The molecule has 1 nitrogen and oxygen atoms in total. The van der Waals surface area contributed by atoms with Gasteiger partial charge in [0.2, 0.25) is 0 Å². The van der Waals surface area contributed by atoms with Gasteiger partial charge < -0.3 is 9.41 Å². The summed E-state index contributed by atoms with van der Waals surface area (Å²) in [4.78, 5) is 0. The van der Waals surface area contributed by atoms with E-state index >= 15 is 0 Å². The molecule has 0 atom stereocenters. The van der Waals surface area contributed by atoms with E-state index in [-0.39, 0.29) is 47.1 Å². The molecule has 0 aromatic carbocycles. The Morgan fingerprint density at radius 3 is 0.833 bits per heavy atom. The van der Waals surface area contributed by atoms with Crippen molar-refractivity contribution in [3.05, 3.63) is 0 Å². The Hall–Kier alpha value is 1.07. The van der Waals surface area contributed by atoms with E-state index in [0.717, 1.165) is 0 Å². The SMILES string of the molecule is N=S.[F-].[F-].[Li+].[Li+]. The van der Waals surface area contributed by atoms with E-state index in [1.807, 2.05) is 0 Å². The molecule has 0 radical (unpaired) electrons. The van der Waals surface area contributed by atoms with Gasteiger partial charge in [0.25, 0.3) is 0 Å². The molecule has 0 amide bonds. The zero-order chi connectivity index (χ0) is 2.00. The zero-order valence-electron chi connectivity index (χ0n) is 3.66. The van der Waals surface area contributed by atoms with Gasteiger partial charge in [-0.2, -0.15) is 0 Å². The van der Waals surface area contributed by atoms with Gasteiger partial charge in [-0.05, 0) is 0 Å². The van der Waals surface area contributed by atoms with Crippen LogP contribution in [0.5, 0.6) is 0 Å². The largest absolute Gasteiger partial charge is 1.00 e. The van der Waals surface area contributed by atoms with Gasteiger partial charge in [-0.3, -0.25) is 0 Å². The fourth-order valence-corrected chi connectivity index (χ4v) is 0. The van der Waals surface area contributed by atoms with E-state index < -0.39 is 0 Å². The van der Waals surface area contributed by atoms with E-state index in [0.29, 0.717) is 0 Å². The molecular weight excluding hydrogens is 98.0 g/mol. The van der Waals surface area contributed by atoms with Crippen LogP contribution in [0.25, 0.3) is 0 Å². The maximum atomic E-state index is 5.33. The second-order valence-electron chi connectivity index (χ2n) is 0. The molecule has 0 fully saturated rings. The first kappa shape index (κ1) is 60.6. The minimum Gasteiger partial charge on any atom is -1.00 e. The first-order valence-corrected chi connectivity index (χ1v) is 0.612. The normalized spacial score (nSPS) is 0.667. The van der Waals surface area contributed by atoms with Gasteiger partial charge in [-0.15, -0.1) is 0 Å². The van der Waals surface area contributed by atoms with Crippen molar-refractivity contribution in [3.8, 4) is 0 Å². The molecule has 1 N–H and O–H groups in total. The van der Waals surface area contributed by atoms with E-state index in [9.17, 15) is 0 Å². The van der Waals surface area contributed by atoms with E-state index in [1.165, 1.54) is 0 Å². The minimum absolute atomic E-state index is 0. The van der Waals surface area contributed by atoms with Gasteiger partial charge in [-0.25, -0.2) is 4.78 Å². The van der Waals surface area contributed by atoms with E-state index in [4.69, 9.17) is 4.78 Å². The van der Waals surface area contributed by atoms with Crippen molar-refractivity contribution in [1.82, 2.24) is 0 Å². The van der Waals surface area contributed by atoms with E-state index in [2.05, 4.69) is 12.4 Å². The molecule has 0 aliphatic heterocycles. The Kier molecular flexibility index (Phi) is 1370. The van der Waals surface area contributed by atoms with Gasteiger partial charge in [0.05, 0.1) is 0 Å². The third kappa shape index (κ3) is 72.9. The van der Waals surface area contributed by atoms with Crippen molar-refractivity contribution in [2.75, 3.05) is 0 Å². The number of nitrogens with one attached hydrogen (secondary N) is 1. The molecule has 0 aromatic rings. The van der Waals surface area contributed by atoms with Crippen LogP contribution in [0.15, 0.2) is 0 Å². The molecule has 0 saturated heterocycles. The second-order valence-corrected chi connectivity index (χ2v) is 0. The summed E-state index contributed by atoms with van der Waals surface area (Å²) < 4.78 is 5.33. The minimum atomic E-state index is 0. The fourth-order valence-electron chi connectivity index (χ4n) is 0. The van der Waals surface area contributed by atoms with Gasteiger partial charge in [0.15, 0.2) is 0 Å². The molecule has 0 rings (SSSR count). The van der Waals surface area contributed by atoms with Crippen LogP contribution in [0, 0.1) is 4.78 Å². The Morgan fingerprint density at radius 1 is 0.833 bits per heavy atom. The van der Waals surface area contributed by atoms with Gasteiger partial charge in [0, 0.05) is 12.4 Å². The van der Waals surface area contributed by atoms with Crippen molar-refractivity contribution >= 4 is 12.4 Å². The average Bonchev–Trinajstić information content (AvgIpc) is 1.00. The molecule has 0 spiro atoms. The van der Waals surface area contributed by atoms with Crippen LogP contribution >= 0.6 is 0 Å². The van der Waals surface area contributed by atoms with Crippen molar-refractivity contribution in [3.63, 3.8) is 0 Å². The van der Waals surface area contributed by atoms with Crippen molar-refractivity contribution in [2.24, 2.45) is 0 Å². The molecule has 6 heteroatoms. The Morgan fingerprint density at radius 2 is 0.833 bits per heavy atom. The molecule has 6 heavy (non-hydrogen) atoms. The van der Waals surface area contributed by atoms with Crippen LogP contribution in [-0.4, -0.2) is 0 Å². The summed E-state index contributed by atoms with van der Waals surface area (Å²) in [5.74, 6) is 0. The van der Waals surface area contributed by atoms with E-state index in [1.54, 1.807) is 0 Å². The topological polar surface area (TPSA) is 23.9 Å². The van der Waals surface area contributed by atoms with Gasteiger partial charge >= 0.3 is 37.7 Å². The molecule has 0 unspecified atom stereocenters. The molecule has 0 aromatic heterocycles. The standard InChI is InChI=1S/2FH.2Li.HNS/c;;;;1-2/h2*1H;;;1H/q;;2*+1;/p-2. The number of halogens is 2. The van der Waals surface area contributed by atoms with Crippen LogP contribution in [-0.2, 0) is 12.4 Å². The summed E-state index contributed by atoms with van der Waals surface area (Å²) in [6.45, 7) is 0. The summed E-state index contributed by atoms with van der Waals surface area (Å²) in [5.41, 5.74) is 0. The average molecular weight is 99.0 g/mol. The number of hydrogen-bond acceptors (Lipinski definition) is 2. The van der Waals surface area contributed by atoms with Crippen LogP contribution in [0.3, 0.4) is 0 Å². The molecule has 0 aliphatic rings. The first-order valence-electron chi connectivity index (χ1n) is 0.204. The smallest absolute Gasteiger partial charge is 1.00 e. The second kappa shape index (κ2) is 135. The van der Waals surface area contributed by atoms with Crippen LogP contribution in [0.2, 0.25) is 0 Å². The molecule has 0 heterocycles. The Bertz CT molecular complexity index is 11.5. The monoisotopic (exact) mass is 99.0 g/mol. The fraction of sp³-hybridized carbons (Fsp3) is 0. The predicted octanol–water partition coefficient (Wildman–Crippen LogP) is -11.7. The first-order chi connectivity index (χ1) is 1.00. The van der Waals surface area contributed by atoms with Gasteiger partial charge in [-0.1, -0.05) is 0 Å². The summed E-state index contributed by atoms with van der Waals surface area (Å²) in [6, 6.07) is 0. The Labute approximate surface area is 64.3 Å². The van der Waals surface area contributed by atoms with Crippen LogP contribution in [0.1, 0.15) is 0 Å². The zero-order valence-corrected chi connectivity index (χ0v) is 4.48. The van der Waals surface area contributed by atoms with Crippen LogP contribution in [0.4, 0.5) is 0 Å². The molecule has 0 aliphatic carbocycles. The number of hydrogen-bond donors (Lipinski definition) is 1. The number of rotatable bonds is 0. The summed E-state index contributed by atoms with van der Waals surface area (Å²) in [7, 11) is 0. The molecule has 0 saturated carbocycles. The third-order valence-corrected chi connectivity index (χ3v) is 0. The summed E-state index contributed by atoms with van der Waals surface area (Å²) >= 11 is 3.33. The van der Waals surface area contributed by atoms with Crippen molar-refractivity contribution in [1.29, 1.82) is 4.78 Å². The van der Waals surface area contributed by atoms with Gasteiger partial charge in [0.1, 0.15) is 0 Å². The van der Waals surface area contributed by atoms with Crippen molar-refractivity contribution in [2.45, 2.75) is 0 Å². The van der Waals surface area contributed by atoms with Crippen LogP contribution < -0.4 is 47.1 Å². The predicted molar refractivity (Wildman–Crippen MR) is 10.1 cm³/mol.